The van der Waals surface area contributed by atoms with Crippen molar-refractivity contribution >= 4 is 40.7 Å². The second-order valence-corrected chi connectivity index (χ2v) is 21.7. The third-order valence-corrected chi connectivity index (χ3v) is 14.5. The van der Waals surface area contributed by atoms with Crippen LogP contribution in [0.15, 0.2) is 72.2 Å². The number of likely N-dealkylation sites (tertiary alicyclic amines) is 1. The van der Waals surface area contributed by atoms with Crippen molar-refractivity contribution in [3.63, 3.8) is 0 Å². The molecule has 5 N–H and O–H groups in total. The quantitative estimate of drug-likeness (QED) is 0.0568. The number of amides is 4. The number of thiazole rings is 1. The fourth-order valence-electron chi connectivity index (χ4n) is 9.94. The Hall–Kier alpha value is -6.03. The smallest absolute Gasteiger partial charge is 0.417 e. The van der Waals surface area contributed by atoms with Gasteiger partial charge in [0.05, 0.1) is 45.4 Å². The number of β-amino-alcohol motifs (C(OH)–C–C–N with tert-alkyl or cyclic N) is 1. The largest absolute Gasteiger partial charge is 0.489 e. The van der Waals surface area contributed by atoms with Gasteiger partial charge >= 0.3 is 6.18 Å². The molecule has 1 aliphatic carbocycles. The van der Waals surface area contributed by atoms with E-state index in [9.17, 15) is 37.5 Å². The van der Waals surface area contributed by atoms with Gasteiger partial charge in [-0.15, -0.1) is 11.3 Å². The van der Waals surface area contributed by atoms with Crippen LogP contribution in [-0.4, -0.2) is 95.3 Å². The van der Waals surface area contributed by atoms with E-state index in [1.807, 2.05) is 98.7 Å². The molecule has 14 nitrogen and oxygen atoms in total. The van der Waals surface area contributed by atoms with Crippen molar-refractivity contribution in [3.8, 4) is 22.3 Å². The van der Waals surface area contributed by atoms with E-state index < -0.39 is 69.7 Å². The number of ether oxygens (including phenoxy) is 2. The number of carbonyl (C=O) groups excluding carboxylic acids is 4. The van der Waals surface area contributed by atoms with Crippen molar-refractivity contribution in [2.75, 3.05) is 31.6 Å². The molecule has 0 spiro atoms. The average molecular weight is 1000 g/mol. The number of nitriles is 1. The predicted molar refractivity (Wildman–Crippen MR) is 265 cm³/mol. The fourth-order valence-corrected chi connectivity index (χ4v) is 10.8. The topological polar surface area (TPSA) is 195 Å². The molecule has 4 atom stereocenters. The number of hydrogen-bond acceptors (Lipinski definition) is 11. The highest BCUT2D eigenvalue weighted by Crippen LogP contribution is 2.56. The number of aromatic nitrogens is 1. The zero-order chi connectivity index (χ0) is 52.1. The number of carbonyl (C=O) groups is 4. The first-order valence-electron chi connectivity index (χ1n) is 23.9. The number of hydrogen-bond donors (Lipinski definition) is 5. The molecule has 1 unspecified atom stereocenters. The summed E-state index contributed by atoms with van der Waals surface area (Å²) >= 11 is 1.56. The lowest BCUT2D eigenvalue weighted by atomic mass is 9.49. The Labute approximate surface area is 418 Å². The van der Waals surface area contributed by atoms with Crippen LogP contribution in [0.3, 0.4) is 0 Å². The minimum atomic E-state index is -4.71. The zero-order valence-electron chi connectivity index (χ0n) is 41.8. The lowest BCUT2D eigenvalue weighted by Gasteiger charge is -2.63. The number of nitrogens with one attached hydrogen (secondary N) is 4. The van der Waals surface area contributed by atoms with Gasteiger partial charge < -0.3 is 40.7 Å². The van der Waals surface area contributed by atoms with Crippen LogP contribution in [-0.2, 0) is 25.3 Å². The first-order chi connectivity index (χ1) is 33.3. The molecule has 3 aromatic carbocycles. The SMILES string of the molecule is Cc1ncsc1-c1ccc([C@H](C)NC(=O)[C@@H]2C[C@@H](O)CN2C(=O)C(NC(=O)COCCCCCNc2ccc(C(=O)N[C@H]3C(C)(C)[C@H](Oc4ccc(C#N)c(C(F)(F)F)c4)C3(C)C)cc2)C(C)(C)C)cc1. The summed E-state index contributed by atoms with van der Waals surface area (Å²) in [6, 6.07) is 17.2. The lowest BCUT2D eigenvalue weighted by Crippen LogP contribution is -2.74. The van der Waals surface area contributed by atoms with Crippen LogP contribution in [0.4, 0.5) is 18.9 Å². The molecular formula is C53H66F3N7O7S. The summed E-state index contributed by atoms with van der Waals surface area (Å²) in [5, 5.41) is 32.1. The Morgan fingerprint density at radius 3 is 2.24 bits per heavy atom. The molecule has 2 aliphatic rings. The molecule has 1 saturated carbocycles. The van der Waals surface area contributed by atoms with Gasteiger partial charge in [0.2, 0.25) is 17.7 Å². The minimum Gasteiger partial charge on any atom is -0.489 e. The summed E-state index contributed by atoms with van der Waals surface area (Å²) in [5.41, 5.74) is 2.42. The van der Waals surface area contributed by atoms with Crippen LogP contribution in [0.5, 0.6) is 5.75 Å². The maximum Gasteiger partial charge on any atom is 0.417 e. The molecule has 1 aliphatic heterocycles. The van der Waals surface area contributed by atoms with Crippen LogP contribution in [0.2, 0.25) is 0 Å². The first kappa shape index (κ1) is 54.3. The number of halogens is 3. The van der Waals surface area contributed by atoms with Crippen LogP contribution >= 0.6 is 11.3 Å². The number of alkyl halides is 3. The highest BCUT2D eigenvalue weighted by Gasteiger charge is 2.64. The lowest BCUT2D eigenvalue weighted by molar-refractivity contribution is -0.164. The second kappa shape index (κ2) is 22.2. The van der Waals surface area contributed by atoms with E-state index in [0.717, 1.165) is 52.4 Å². The van der Waals surface area contributed by atoms with Crippen LogP contribution in [0.1, 0.15) is 120 Å². The van der Waals surface area contributed by atoms with Gasteiger partial charge in [0.15, 0.2) is 0 Å². The summed E-state index contributed by atoms with van der Waals surface area (Å²) < 4.78 is 52.6. The van der Waals surface area contributed by atoms with Crippen molar-refractivity contribution in [3.05, 3.63) is 100 Å². The van der Waals surface area contributed by atoms with Crippen molar-refractivity contribution in [1.29, 1.82) is 5.26 Å². The van der Waals surface area contributed by atoms with Gasteiger partial charge in [-0.25, -0.2) is 4.98 Å². The summed E-state index contributed by atoms with van der Waals surface area (Å²) in [7, 11) is 0. The molecule has 18 heteroatoms. The van der Waals surface area contributed by atoms with Gasteiger partial charge in [-0.3, -0.25) is 19.2 Å². The number of anilines is 1. The molecule has 6 rings (SSSR count). The maximum atomic E-state index is 14.1. The normalized spacial score (nSPS) is 20.2. The van der Waals surface area contributed by atoms with Crippen LogP contribution < -0.4 is 26.0 Å². The molecule has 0 radical (unpaired) electrons. The number of aliphatic hydroxyl groups excluding tert-OH is 1. The third kappa shape index (κ3) is 12.9. The number of aryl methyl sites for hydroxylation is 1. The molecule has 1 saturated heterocycles. The van der Waals surface area contributed by atoms with Crippen molar-refractivity contribution in [1.82, 2.24) is 25.8 Å². The molecule has 2 fully saturated rings. The van der Waals surface area contributed by atoms with Gasteiger partial charge in [-0.1, -0.05) is 72.7 Å². The van der Waals surface area contributed by atoms with E-state index in [1.54, 1.807) is 35.0 Å². The van der Waals surface area contributed by atoms with E-state index in [-0.39, 0.29) is 49.2 Å². The molecule has 4 amide bonds. The molecule has 2 heterocycles. The Kier molecular flexibility index (Phi) is 17.0. The molecule has 1 aromatic heterocycles. The maximum absolute atomic E-state index is 14.1. The number of nitrogens with zero attached hydrogens (tertiary/aromatic N) is 3. The summed E-state index contributed by atoms with van der Waals surface area (Å²) in [4.78, 5) is 61.0. The Balaban J connectivity index is 0.893. The fraction of sp³-hybridized carbons (Fsp3) is 0.509. The van der Waals surface area contributed by atoms with E-state index in [0.29, 0.717) is 25.1 Å². The highest BCUT2D eigenvalue weighted by atomic mass is 32.1. The average Bonchev–Trinajstić information content (AvgIpc) is 3.94. The Morgan fingerprint density at radius 1 is 0.958 bits per heavy atom. The van der Waals surface area contributed by atoms with E-state index >= 15 is 0 Å². The third-order valence-electron chi connectivity index (χ3n) is 13.5. The number of rotatable bonds is 19. The Morgan fingerprint density at radius 2 is 1.63 bits per heavy atom. The molecule has 382 valence electrons. The first-order valence-corrected chi connectivity index (χ1v) is 24.8. The van der Waals surface area contributed by atoms with Gasteiger partial charge in [0.1, 0.15) is 30.5 Å². The van der Waals surface area contributed by atoms with Crippen LogP contribution in [0.25, 0.3) is 10.4 Å². The molecule has 71 heavy (non-hydrogen) atoms. The number of unbranched alkanes of at least 4 members (excludes halogenated alkanes) is 2. The van der Waals surface area contributed by atoms with E-state index in [2.05, 4.69) is 26.3 Å². The summed E-state index contributed by atoms with van der Waals surface area (Å²) in [5.74, 6) is -1.60. The minimum absolute atomic E-state index is 0.00260. The molecule has 0 bridgehead atoms. The van der Waals surface area contributed by atoms with Gasteiger partial charge in [0.25, 0.3) is 5.91 Å². The van der Waals surface area contributed by atoms with Gasteiger partial charge in [0, 0.05) is 54.2 Å². The van der Waals surface area contributed by atoms with Crippen molar-refractivity contribution < 1.29 is 46.9 Å². The second-order valence-electron chi connectivity index (χ2n) is 20.9. The Bertz CT molecular complexity index is 2550. The van der Waals surface area contributed by atoms with Crippen LogP contribution in [0, 0.1) is 34.5 Å². The summed E-state index contributed by atoms with van der Waals surface area (Å²) in [6.45, 7) is 17.6. The predicted octanol–water partition coefficient (Wildman–Crippen LogP) is 8.59. The monoisotopic (exact) mass is 1000 g/mol. The number of benzene rings is 3. The van der Waals surface area contributed by atoms with Gasteiger partial charge in [-0.2, -0.15) is 18.4 Å². The van der Waals surface area contributed by atoms with Crippen molar-refractivity contribution in [2.45, 2.75) is 131 Å². The zero-order valence-corrected chi connectivity index (χ0v) is 42.6. The molecule has 4 aromatic rings. The van der Waals surface area contributed by atoms with Crippen molar-refractivity contribution in [2.24, 2.45) is 16.2 Å². The highest BCUT2D eigenvalue weighted by molar-refractivity contribution is 7.13. The van der Waals surface area contributed by atoms with E-state index in [4.69, 9.17) is 14.7 Å². The number of aliphatic hydroxyl groups is 1. The summed E-state index contributed by atoms with van der Waals surface area (Å²) in [6.07, 6.45) is -3.76. The standard InChI is InChI=1S/C53H66F3N7O7S/c1-31(33-13-15-34(16-14-33)43-32(2)59-30-71-43)60-46(67)41-25-38(64)28-63(41)47(68)44(50(3,4)5)61-42(65)29-69-24-12-10-11-23-58-37-20-17-35(18-21-37)45(66)62-48-51(6,7)49(52(48,8)9)70-39-22-19-36(27-57)40(26-39)53(54,55)56/h13-22,26,30-31,38,41,44,48-49,58,64H,10-12,23-25,28-29H2,1-9H3,(H,60,67)(H,61,65)(H,62,66)/t31-,38+,41-,44?,48-,49-/m0/s1. The molecular weight excluding hydrogens is 936 g/mol. The van der Waals surface area contributed by atoms with E-state index in [1.165, 1.54) is 11.0 Å². The van der Waals surface area contributed by atoms with Gasteiger partial charge in [-0.05, 0) is 92.1 Å².